The molecule has 26 heavy (non-hydrogen) atoms. The number of rotatable bonds is 7. The summed E-state index contributed by atoms with van der Waals surface area (Å²) in [5.41, 5.74) is 4.99. The van der Waals surface area contributed by atoms with Crippen LogP contribution in [0.5, 0.6) is 0 Å². The van der Waals surface area contributed by atoms with E-state index in [2.05, 4.69) is 50.0 Å². The molecule has 0 amide bonds. The minimum atomic E-state index is 0.388. The van der Waals surface area contributed by atoms with Gasteiger partial charge in [0.15, 0.2) is 5.82 Å². The third-order valence-electron chi connectivity index (χ3n) is 4.78. The highest BCUT2D eigenvalue weighted by Gasteiger charge is 2.18. The van der Waals surface area contributed by atoms with Crippen molar-refractivity contribution in [1.29, 1.82) is 0 Å². The third kappa shape index (κ3) is 4.32. The summed E-state index contributed by atoms with van der Waals surface area (Å²) in [6.07, 6.45) is 2.08. The van der Waals surface area contributed by atoms with Crippen molar-refractivity contribution in [3.8, 4) is 11.3 Å². The van der Waals surface area contributed by atoms with Gasteiger partial charge in [0.1, 0.15) is 5.82 Å². The predicted molar refractivity (Wildman–Crippen MR) is 111 cm³/mol. The average Bonchev–Trinajstić information content (AvgIpc) is 2.60. The minimum absolute atomic E-state index is 0.388. The fraction of sp³-hybridized carbons (Fsp3) is 0.571. The van der Waals surface area contributed by atoms with Gasteiger partial charge < -0.3 is 10.2 Å². The zero-order valence-corrected chi connectivity index (χ0v) is 17.5. The second kappa shape index (κ2) is 8.47. The number of hydrogen-bond acceptors (Lipinski definition) is 5. The molecule has 1 atom stereocenters. The Kier molecular flexibility index (Phi) is 6.57. The molecule has 0 fully saturated rings. The van der Waals surface area contributed by atoms with Crippen molar-refractivity contribution in [2.45, 2.75) is 53.4 Å². The molecule has 0 aliphatic carbocycles. The molecule has 0 bridgehead atoms. The Morgan fingerprint density at radius 1 is 1.08 bits per heavy atom. The van der Waals surface area contributed by atoms with Crippen molar-refractivity contribution in [2.75, 3.05) is 31.4 Å². The summed E-state index contributed by atoms with van der Waals surface area (Å²) in [6.45, 7) is 10.8. The predicted octanol–water partition coefficient (Wildman–Crippen LogP) is 4.67. The van der Waals surface area contributed by atoms with E-state index in [0.717, 1.165) is 52.8 Å². The summed E-state index contributed by atoms with van der Waals surface area (Å²) in [5, 5.41) is 3.23. The van der Waals surface area contributed by atoms with Crippen LogP contribution in [0.15, 0.2) is 12.1 Å². The number of hydrogen-bond donors (Lipinski definition) is 1. The summed E-state index contributed by atoms with van der Waals surface area (Å²) in [5.74, 6) is 2.78. The Balaban J connectivity index is 2.58. The van der Waals surface area contributed by atoms with Crippen LogP contribution >= 0.6 is 0 Å². The van der Waals surface area contributed by atoms with E-state index >= 15 is 0 Å². The van der Waals surface area contributed by atoms with Gasteiger partial charge in [-0.2, -0.15) is 0 Å². The second-order valence-corrected chi connectivity index (χ2v) is 7.58. The van der Waals surface area contributed by atoms with E-state index < -0.39 is 0 Å². The van der Waals surface area contributed by atoms with Crippen LogP contribution in [0, 0.1) is 12.8 Å². The molecule has 5 nitrogen and oxygen atoms in total. The topological polar surface area (TPSA) is 53.9 Å². The van der Waals surface area contributed by atoms with Crippen LogP contribution in [0.4, 0.5) is 11.6 Å². The molecule has 2 aromatic rings. The molecule has 2 rings (SSSR count). The molecule has 0 aliphatic rings. The van der Waals surface area contributed by atoms with Gasteiger partial charge in [-0.15, -0.1) is 0 Å². The molecule has 0 spiro atoms. The number of anilines is 2. The average molecular weight is 356 g/mol. The van der Waals surface area contributed by atoms with Crippen molar-refractivity contribution in [1.82, 2.24) is 15.0 Å². The molecule has 0 saturated carbocycles. The normalized spacial score (nSPS) is 12.3. The lowest BCUT2D eigenvalue weighted by Crippen LogP contribution is -2.17. The monoisotopic (exact) mass is 355 g/mol. The molecule has 142 valence electrons. The van der Waals surface area contributed by atoms with Crippen molar-refractivity contribution in [2.24, 2.45) is 5.92 Å². The molecule has 2 heterocycles. The molecule has 5 heteroatoms. The minimum Gasteiger partial charge on any atom is -0.373 e. The maximum atomic E-state index is 5.00. The Hall–Kier alpha value is -2.17. The summed E-state index contributed by atoms with van der Waals surface area (Å²) in [4.78, 5) is 16.8. The molecule has 0 aromatic carbocycles. The van der Waals surface area contributed by atoms with E-state index in [1.54, 1.807) is 0 Å². The van der Waals surface area contributed by atoms with E-state index in [0.29, 0.717) is 11.8 Å². The first kappa shape index (κ1) is 20.1. The van der Waals surface area contributed by atoms with Crippen molar-refractivity contribution < 1.29 is 0 Å². The van der Waals surface area contributed by atoms with Gasteiger partial charge in [-0.3, -0.25) is 4.98 Å². The summed E-state index contributed by atoms with van der Waals surface area (Å²) in [7, 11) is 5.97. The fourth-order valence-corrected chi connectivity index (χ4v) is 2.96. The van der Waals surface area contributed by atoms with Crippen molar-refractivity contribution >= 4 is 11.6 Å². The Morgan fingerprint density at radius 2 is 1.77 bits per heavy atom. The molecular formula is C21H33N5. The van der Waals surface area contributed by atoms with Gasteiger partial charge >= 0.3 is 0 Å². The van der Waals surface area contributed by atoms with Crippen LogP contribution in [0.25, 0.3) is 11.3 Å². The van der Waals surface area contributed by atoms with E-state index in [1.807, 2.05) is 28.1 Å². The van der Waals surface area contributed by atoms with Gasteiger partial charge in [-0.25, -0.2) is 9.97 Å². The first-order valence-corrected chi connectivity index (χ1v) is 9.52. The summed E-state index contributed by atoms with van der Waals surface area (Å²) in [6, 6.07) is 4.20. The van der Waals surface area contributed by atoms with Gasteiger partial charge in [0, 0.05) is 32.4 Å². The van der Waals surface area contributed by atoms with Crippen LogP contribution in [0.1, 0.15) is 57.1 Å². The number of aromatic nitrogens is 3. The quantitative estimate of drug-likeness (QED) is 0.782. The van der Waals surface area contributed by atoms with E-state index in [-0.39, 0.29) is 0 Å². The maximum absolute atomic E-state index is 5.00. The van der Waals surface area contributed by atoms with Gasteiger partial charge in [-0.05, 0) is 37.3 Å². The van der Waals surface area contributed by atoms with Crippen LogP contribution in [-0.4, -0.2) is 36.1 Å². The highest BCUT2D eigenvalue weighted by Crippen LogP contribution is 2.31. The van der Waals surface area contributed by atoms with Gasteiger partial charge in [0.2, 0.25) is 0 Å². The zero-order chi connectivity index (χ0) is 19.4. The lowest BCUT2D eigenvalue weighted by Gasteiger charge is -2.21. The van der Waals surface area contributed by atoms with Crippen LogP contribution in [0.2, 0.25) is 0 Å². The van der Waals surface area contributed by atoms with E-state index in [1.165, 1.54) is 0 Å². The lowest BCUT2D eigenvalue weighted by atomic mass is 10.0. The molecule has 1 N–H and O–H groups in total. The molecule has 0 saturated heterocycles. The SMILES string of the molecule is CC[C@H](C)Cc1nc(C)c(-c2ccc(C(C)C)nc2NC)nc1N(C)C. The Labute approximate surface area is 158 Å². The Bertz CT molecular complexity index is 752. The Morgan fingerprint density at radius 3 is 2.31 bits per heavy atom. The van der Waals surface area contributed by atoms with E-state index in [4.69, 9.17) is 15.0 Å². The second-order valence-electron chi connectivity index (χ2n) is 7.58. The van der Waals surface area contributed by atoms with Crippen LogP contribution in [0.3, 0.4) is 0 Å². The van der Waals surface area contributed by atoms with Crippen LogP contribution in [-0.2, 0) is 6.42 Å². The molecule has 0 radical (unpaired) electrons. The first-order valence-electron chi connectivity index (χ1n) is 9.52. The third-order valence-corrected chi connectivity index (χ3v) is 4.78. The molecule has 0 aliphatic heterocycles. The fourth-order valence-electron chi connectivity index (χ4n) is 2.96. The standard InChI is InChI=1S/C21H33N5/c1-9-14(4)12-18-21(26(7)8)25-19(15(5)23-18)16-10-11-17(13(2)3)24-20(16)22-6/h10-11,13-14H,9,12H2,1-8H3,(H,22,24)/t14-/m0/s1. The summed E-state index contributed by atoms with van der Waals surface area (Å²) < 4.78 is 0. The molecule has 0 unspecified atom stereocenters. The number of nitrogens with zero attached hydrogens (tertiary/aromatic N) is 4. The van der Waals surface area contributed by atoms with Gasteiger partial charge in [-0.1, -0.05) is 34.1 Å². The van der Waals surface area contributed by atoms with Crippen LogP contribution < -0.4 is 10.2 Å². The smallest absolute Gasteiger partial charge is 0.150 e. The number of nitrogens with one attached hydrogen (secondary N) is 1. The van der Waals surface area contributed by atoms with Gasteiger partial charge in [0.05, 0.1) is 17.1 Å². The van der Waals surface area contributed by atoms with Crippen molar-refractivity contribution in [3.63, 3.8) is 0 Å². The highest BCUT2D eigenvalue weighted by molar-refractivity contribution is 5.75. The lowest BCUT2D eigenvalue weighted by molar-refractivity contribution is 0.550. The largest absolute Gasteiger partial charge is 0.373 e. The maximum Gasteiger partial charge on any atom is 0.150 e. The number of aryl methyl sites for hydroxylation is 1. The van der Waals surface area contributed by atoms with E-state index in [9.17, 15) is 0 Å². The van der Waals surface area contributed by atoms with Crippen molar-refractivity contribution in [3.05, 3.63) is 29.2 Å². The molecular weight excluding hydrogens is 322 g/mol. The highest BCUT2D eigenvalue weighted by atomic mass is 15.2. The summed E-state index contributed by atoms with van der Waals surface area (Å²) >= 11 is 0. The number of pyridine rings is 1. The molecule has 2 aromatic heterocycles. The first-order chi connectivity index (χ1) is 12.3. The van der Waals surface area contributed by atoms with Gasteiger partial charge in [0.25, 0.3) is 0 Å². The zero-order valence-electron chi connectivity index (χ0n) is 17.5.